The molecule has 0 saturated carbocycles. The van der Waals surface area contributed by atoms with Crippen molar-refractivity contribution in [1.29, 1.82) is 0 Å². The number of carbonyl (C=O) groups is 1. The monoisotopic (exact) mass is 836 g/mol. The predicted molar refractivity (Wildman–Crippen MR) is 273 cm³/mol. The normalized spacial score (nSPS) is 12.7. The Morgan fingerprint density at radius 2 is 0.567 bits per heavy atom. The van der Waals surface area contributed by atoms with E-state index in [1.807, 2.05) is 0 Å². The smallest absolute Gasteiger partial charge is 0.223 e. The van der Waals surface area contributed by atoms with Gasteiger partial charge in [0.1, 0.15) is 0 Å². The van der Waals surface area contributed by atoms with E-state index in [9.17, 15) is 4.79 Å². The summed E-state index contributed by atoms with van der Waals surface area (Å²) in [4.78, 5) is 13.4. The van der Waals surface area contributed by atoms with Crippen LogP contribution in [-0.4, -0.2) is 12.5 Å². The summed E-state index contributed by atoms with van der Waals surface area (Å²) in [6.07, 6.45) is 77.0. The molecule has 0 aromatic heterocycles. The van der Waals surface area contributed by atoms with Gasteiger partial charge < -0.3 is 5.32 Å². The van der Waals surface area contributed by atoms with Crippen molar-refractivity contribution in [2.24, 2.45) is 5.92 Å². The zero-order chi connectivity index (χ0) is 43.3. The molecule has 0 aromatic rings. The molecule has 2 heteroatoms. The Bertz CT molecular complexity index is 929. The molecule has 1 unspecified atom stereocenters. The number of amides is 1. The average Bonchev–Trinajstić information content (AvgIpc) is 3.26. The minimum atomic E-state index is 0.216. The molecule has 0 aliphatic heterocycles. The van der Waals surface area contributed by atoms with E-state index in [0.29, 0.717) is 5.91 Å². The lowest BCUT2D eigenvalue weighted by Crippen LogP contribution is -2.31. The third-order valence-electron chi connectivity index (χ3n) is 12.7. The van der Waals surface area contributed by atoms with Gasteiger partial charge >= 0.3 is 0 Å². The van der Waals surface area contributed by atoms with Crippen LogP contribution in [0.25, 0.3) is 0 Å². The van der Waals surface area contributed by atoms with Crippen LogP contribution >= 0.6 is 0 Å². The predicted octanol–water partition coefficient (Wildman–Crippen LogP) is 20.2. The molecule has 0 spiro atoms. The van der Waals surface area contributed by atoms with Crippen molar-refractivity contribution in [2.45, 2.75) is 303 Å². The Labute approximate surface area is 378 Å². The SMILES string of the molecule is CCCCC/C=C\C/C=C\CCCCCCC(CCCCCCCCCCCC/C=C\CCCCCCCC)C(=O)NCCCCCCCC/C=C/CCCCCCCC. The van der Waals surface area contributed by atoms with Crippen LogP contribution in [0.1, 0.15) is 303 Å². The van der Waals surface area contributed by atoms with Crippen LogP contribution in [0.15, 0.2) is 48.6 Å². The topological polar surface area (TPSA) is 29.1 Å². The average molecular weight is 837 g/mol. The Balaban J connectivity index is 4.16. The zero-order valence-electron chi connectivity index (χ0n) is 41.4. The molecule has 0 heterocycles. The Kier molecular flexibility index (Phi) is 52.2. The van der Waals surface area contributed by atoms with Crippen molar-refractivity contribution < 1.29 is 4.79 Å². The molecule has 60 heavy (non-hydrogen) atoms. The maximum atomic E-state index is 13.4. The molecule has 1 N–H and O–H groups in total. The summed E-state index contributed by atoms with van der Waals surface area (Å²) in [5, 5.41) is 3.38. The third kappa shape index (κ3) is 49.1. The van der Waals surface area contributed by atoms with E-state index in [4.69, 9.17) is 0 Å². The first-order valence-electron chi connectivity index (χ1n) is 27.6. The van der Waals surface area contributed by atoms with E-state index < -0.39 is 0 Å². The maximum absolute atomic E-state index is 13.4. The Morgan fingerprint density at radius 1 is 0.317 bits per heavy atom. The molecular weight excluding hydrogens is 727 g/mol. The van der Waals surface area contributed by atoms with Gasteiger partial charge in [0.25, 0.3) is 0 Å². The van der Waals surface area contributed by atoms with Crippen LogP contribution in [0, 0.1) is 5.92 Å². The maximum Gasteiger partial charge on any atom is 0.223 e. The lowest BCUT2D eigenvalue weighted by Gasteiger charge is -2.17. The lowest BCUT2D eigenvalue weighted by molar-refractivity contribution is -0.125. The second-order valence-corrected chi connectivity index (χ2v) is 18.7. The van der Waals surface area contributed by atoms with Gasteiger partial charge in [-0.05, 0) is 103 Å². The van der Waals surface area contributed by atoms with Crippen LogP contribution in [0.4, 0.5) is 0 Å². The summed E-state index contributed by atoms with van der Waals surface area (Å²) < 4.78 is 0. The number of rotatable bonds is 50. The van der Waals surface area contributed by atoms with Crippen molar-refractivity contribution in [1.82, 2.24) is 5.32 Å². The highest BCUT2D eigenvalue weighted by atomic mass is 16.1. The molecule has 0 rings (SSSR count). The van der Waals surface area contributed by atoms with Gasteiger partial charge in [-0.2, -0.15) is 0 Å². The molecule has 1 atom stereocenters. The number of unbranched alkanes of at least 4 members (excludes halogenated alkanes) is 35. The Morgan fingerprint density at radius 3 is 0.917 bits per heavy atom. The van der Waals surface area contributed by atoms with Gasteiger partial charge in [-0.15, -0.1) is 0 Å². The molecule has 0 bridgehead atoms. The lowest BCUT2D eigenvalue weighted by atomic mass is 9.93. The first-order chi connectivity index (χ1) is 29.8. The van der Waals surface area contributed by atoms with Gasteiger partial charge in [-0.3, -0.25) is 4.79 Å². The van der Waals surface area contributed by atoms with Crippen LogP contribution in [0.5, 0.6) is 0 Å². The quantitative estimate of drug-likeness (QED) is 0.0480. The fraction of sp³-hybridized carbons (Fsp3) is 0.845. The highest BCUT2D eigenvalue weighted by Crippen LogP contribution is 2.21. The molecule has 2 nitrogen and oxygen atoms in total. The van der Waals surface area contributed by atoms with Gasteiger partial charge in [0.2, 0.25) is 5.91 Å². The largest absolute Gasteiger partial charge is 0.356 e. The van der Waals surface area contributed by atoms with Crippen molar-refractivity contribution in [3.8, 4) is 0 Å². The van der Waals surface area contributed by atoms with E-state index in [1.54, 1.807) is 0 Å². The number of hydrogen-bond acceptors (Lipinski definition) is 1. The molecule has 0 aliphatic rings. The summed E-state index contributed by atoms with van der Waals surface area (Å²) in [5.41, 5.74) is 0. The second kappa shape index (κ2) is 53.6. The molecule has 352 valence electrons. The number of allylic oxidation sites excluding steroid dienone is 8. The zero-order valence-corrected chi connectivity index (χ0v) is 41.4. The van der Waals surface area contributed by atoms with E-state index in [1.165, 1.54) is 257 Å². The molecule has 0 aromatic carbocycles. The summed E-state index contributed by atoms with van der Waals surface area (Å²) >= 11 is 0. The standard InChI is InChI=1S/C58H109NO/c1-4-7-10-13-16-19-22-25-28-30-31-32-33-34-37-40-43-46-49-52-55-57(54-51-48-45-42-39-36-27-24-21-18-15-12-9-6-3)58(60)59-56-53-50-47-44-41-38-35-29-26-23-20-17-14-11-8-5-2/h18,21,25-29,36,57H,4-17,19-20,22-24,30-35,37-56H2,1-3H3,(H,59,60)/b21-18-,28-25-,29-26+,36-27-. The van der Waals surface area contributed by atoms with Gasteiger partial charge in [-0.1, -0.05) is 249 Å². The fourth-order valence-corrected chi connectivity index (χ4v) is 8.51. The van der Waals surface area contributed by atoms with Crippen molar-refractivity contribution in [3.63, 3.8) is 0 Å². The molecule has 0 radical (unpaired) electrons. The molecule has 0 saturated heterocycles. The van der Waals surface area contributed by atoms with Crippen molar-refractivity contribution in [2.75, 3.05) is 6.54 Å². The molecule has 0 aliphatic carbocycles. The van der Waals surface area contributed by atoms with Gasteiger partial charge in [0.15, 0.2) is 0 Å². The van der Waals surface area contributed by atoms with E-state index >= 15 is 0 Å². The van der Waals surface area contributed by atoms with Crippen LogP contribution in [0.3, 0.4) is 0 Å². The first-order valence-corrected chi connectivity index (χ1v) is 27.6. The first kappa shape index (κ1) is 58.4. The third-order valence-corrected chi connectivity index (χ3v) is 12.7. The molecular formula is C58H109NO. The minimum absolute atomic E-state index is 0.216. The minimum Gasteiger partial charge on any atom is -0.356 e. The van der Waals surface area contributed by atoms with Crippen LogP contribution in [-0.2, 0) is 4.79 Å². The van der Waals surface area contributed by atoms with Crippen molar-refractivity contribution in [3.05, 3.63) is 48.6 Å². The van der Waals surface area contributed by atoms with Gasteiger partial charge in [0.05, 0.1) is 0 Å². The Hall–Kier alpha value is -1.57. The molecule has 1 amide bonds. The van der Waals surface area contributed by atoms with E-state index in [2.05, 4.69) is 74.7 Å². The van der Waals surface area contributed by atoms with E-state index in [-0.39, 0.29) is 5.92 Å². The van der Waals surface area contributed by atoms with Gasteiger partial charge in [0, 0.05) is 12.5 Å². The fourth-order valence-electron chi connectivity index (χ4n) is 8.51. The number of carbonyl (C=O) groups excluding carboxylic acids is 1. The second-order valence-electron chi connectivity index (χ2n) is 18.7. The number of hydrogen-bond donors (Lipinski definition) is 1. The summed E-state index contributed by atoms with van der Waals surface area (Å²) in [6.45, 7) is 7.73. The highest BCUT2D eigenvalue weighted by Gasteiger charge is 2.17. The number of nitrogens with one attached hydrogen (secondary N) is 1. The summed E-state index contributed by atoms with van der Waals surface area (Å²) in [5.74, 6) is 0.565. The molecule has 0 fully saturated rings. The van der Waals surface area contributed by atoms with Crippen molar-refractivity contribution >= 4 is 5.91 Å². The summed E-state index contributed by atoms with van der Waals surface area (Å²) in [7, 11) is 0. The van der Waals surface area contributed by atoms with Crippen LogP contribution in [0.2, 0.25) is 0 Å². The summed E-state index contributed by atoms with van der Waals surface area (Å²) in [6, 6.07) is 0. The van der Waals surface area contributed by atoms with Gasteiger partial charge in [-0.25, -0.2) is 0 Å². The van der Waals surface area contributed by atoms with Crippen LogP contribution < -0.4 is 5.32 Å². The highest BCUT2D eigenvalue weighted by molar-refractivity contribution is 5.78. The van der Waals surface area contributed by atoms with E-state index in [0.717, 1.165) is 32.2 Å².